The van der Waals surface area contributed by atoms with E-state index in [0.717, 1.165) is 0 Å². The quantitative estimate of drug-likeness (QED) is 0.487. The first-order chi connectivity index (χ1) is 9.42. The molecule has 2 rings (SSSR count). The van der Waals surface area contributed by atoms with Gasteiger partial charge in [0.1, 0.15) is 0 Å². The van der Waals surface area contributed by atoms with Gasteiger partial charge in [0.25, 0.3) is 0 Å². The van der Waals surface area contributed by atoms with E-state index >= 15 is 0 Å². The van der Waals surface area contributed by atoms with Gasteiger partial charge in [-0.15, -0.1) is 0 Å². The third-order valence-electron chi connectivity index (χ3n) is 3.75. The summed E-state index contributed by atoms with van der Waals surface area (Å²) in [5, 5.41) is 0. The molecule has 0 saturated heterocycles. The van der Waals surface area contributed by atoms with Crippen LogP contribution in [0.1, 0.15) is 42.7 Å². The standard InChI is InChI=1S/C18H21.Na/c1-2-3-6-15-18(16-11-7-4-8-12-16)17-13-9-5-10-14-17;/h4-5,7-14,18H,1-3,6,15H2;. The maximum atomic E-state index is 2.27. The number of unbranched alkanes of at least 4 members (excludes halogenated alkanes) is 2. The molecule has 0 heterocycles. The summed E-state index contributed by atoms with van der Waals surface area (Å²) in [5.41, 5.74) is 2.92. The normalized spacial score (nSPS) is 10.9. The maximum absolute atomic E-state index is 2.27. The van der Waals surface area contributed by atoms with Gasteiger partial charge in [0.2, 0.25) is 0 Å². The second-order valence-electron chi connectivity index (χ2n) is 5.22. The van der Waals surface area contributed by atoms with Crippen molar-refractivity contribution in [3.05, 3.63) is 71.8 Å². The molecule has 94 valence electrons. The van der Waals surface area contributed by atoms with Gasteiger partial charge in [-0.3, -0.25) is 0 Å². The summed E-state index contributed by atoms with van der Waals surface area (Å²) in [6.45, 7) is 0. The molecule has 2 aromatic rings. The van der Waals surface area contributed by atoms with E-state index in [-0.39, 0.29) is 0 Å². The Morgan fingerprint density at radius 3 is 1.68 bits per heavy atom. The topological polar surface area (TPSA) is 0 Å². The number of benzene rings is 2. The van der Waals surface area contributed by atoms with Gasteiger partial charge in [0.05, 0.1) is 0 Å². The molecule has 0 aliphatic heterocycles. The summed E-state index contributed by atoms with van der Waals surface area (Å²) in [4.78, 5) is 0. The summed E-state index contributed by atoms with van der Waals surface area (Å²) in [7, 11) is 0. The fraction of sp³-hybridized carbons (Fsp3) is 0.333. The van der Waals surface area contributed by atoms with E-state index in [1.165, 1.54) is 68.4 Å². The zero-order chi connectivity index (χ0) is 13.3. The molecule has 0 atom stereocenters. The molecule has 0 radical (unpaired) electrons. The molecule has 1 heteroatoms. The van der Waals surface area contributed by atoms with E-state index in [0.29, 0.717) is 5.92 Å². The van der Waals surface area contributed by atoms with E-state index in [1.807, 2.05) is 0 Å². The minimum absolute atomic E-state index is 0.566. The van der Waals surface area contributed by atoms with Crippen molar-refractivity contribution in [2.24, 2.45) is 0 Å². The van der Waals surface area contributed by atoms with Gasteiger partial charge >= 0.3 is 135 Å². The molecule has 0 aliphatic rings. The third kappa shape index (κ3) is 4.80. The molecule has 0 aromatic heterocycles. The second kappa shape index (κ2) is 8.58. The average molecular weight is 260 g/mol. The second-order valence-corrected chi connectivity index (χ2v) is 6.22. The summed E-state index contributed by atoms with van der Waals surface area (Å²) in [6, 6.07) is 21.9. The van der Waals surface area contributed by atoms with Crippen molar-refractivity contribution in [1.29, 1.82) is 0 Å². The predicted octanol–water partition coefficient (Wildman–Crippen LogP) is 4.97. The Morgan fingerprint density at radius 2 is 1.21 bits per heavy atom. The summed E-state index contributed by atoms with van der Waals surface area (Å²) in [5.74, 6) is 0.566. The SMILES string of the molecule is [Na][CH2]CCCCC(c1ccccc1)c1ccccc1. The van der Waals surface area contributed by atoms with Crippen molar-refractivity contribution in [2.75, 3.05) is 0 Å². The Balaban J connectivity index is 2.10. The Kier molecular flexibility index (Phi) is 6.70. The molecule has 2 aromatic carbocycles. The van der Waals surface area contributed by atoms with Crippen LogP contribution in [0.5, 0.6) is 0 Å². The van der Waals surface area contributed by atoms with Crippen LogP contribution in [-0.2, 0) is 0 Å². The fourth-order valence-electron chi connectivity index (χ4n) is 2.67. The van der Waals surface area contributed by atoms with Crippen molar-refractivity contribution < 1.29 is 0 Å². The van der Waals surface area contributed by atoms with Crippen LogP contribution >= 0.6 is 0 Å². The summed E-state index contributed by atoms with van der Waals surface area (Å²) in [6.07, 6.45) is 5.43. The molecular weight excluding hydrogens is 239 g/mol. The summed E-state index contributed by atoms with van der Waals surface area (Å²) >= 11 is 1.35. The van der Waals surface area contributed by atoms with Crippen LogP contribution in [0.25, 0.3) is 0 Å². The van der Waals surface area contributed by atoms with Crippen LogP contribution in [0.4, 0.5) is 0 Å². The van der Waals surface area contributed by atoms with E-state index in [1.54, 1.807) is 0 Å². The van der Waals surface area contributed by atoms with Gasteiger partial charge in [-0.2, -0.15) is 0 Å². The fourth-order valence-corrected chi connectivity index (χ4v) is 3.17. The Morgan fingerprint density at radius 1 is 0.684 bits per heavy atom. The summed E-state index contributed by atoms with van der Waals surface area (Å²) < 4.78 is 1.45. The first kappa shape index (κ1) is 14.8. The van der Waals surface area contributed by atoms with Crippen molar-refractivity contribution in [2.45, 2.75) is 35.3 Å². The zero-order valence-corrected chi connectivity index (χ0v) is 13.9. The molecule has 0 aliphatic carbocycles. The van der Waals surface area contributed by atoms with E-state index in [9.17, 15) is 0 Å². The van der Waals surface area contributed by atoms with Gasteiger partial charge < -0.3 is 0 Å². The average Bonchev–Trinajstić information content (AvgIpc) is 2.49. The molecule has 0 unspecified atom stereocenters. The first-order valence-corrected chi connectivity index (χ1v) is 8.93. The molecule has 0 N–H and O–H groups in total. The monoisotopic (exact) mass is 260 g/mol. The third-order valence-corrected chi connectivity index (χ3v) is 4.46. The van der Waals surface area contributed by atoms with Crippen LogP contribution in [0.15, 0.2) is 60.7 Å². The van der Waals surface area contributed by atoms with Gasteiger partial charge in [0.15, 0.2) is 0 Å². The van der Waals surface area contributed by atoms with Crippen LogP contribution in [0, 0.1) is 0 Å². The van der Waals surface area contributed by atoms with Crippen LogP contribution in [-0.4, -0.2) is 27.9 Å². The molecule has 0 nitrogen and oxygen atoms in total. The number of rotatable bonds is 7. The van der Waals surface area contributed by atoms with Crippen LogP contribution < -0.4 is 0 Å². The number of hydrogen-bond acceptors (Lipinski definition) is 0. The zero-order valence-electron chi connectivity index (χ0n) is 11.9. The van der Waals surface area contributed by atoms with Crippen LogP contribution in [0.3, 0.4) is 0 Å². The van der Waals surface area contributed by atoms with Crippen LogP contribution in [0.2, 0.25) is 3.67 Å². The molecule has 0 fully saturated rings. The van der Waals surface area contributed by atoms with E-state index < -0.39 is 0 Å². The molecule has 19 heavy (non-hydrogen) atoms. The van der Waals surface area contributed by atoms with E-state index in [4.69, 9.17) is 0 Å². The van der Waals surface area contributed by atoms with Crippen molar-refractivity contribution >= 4 is 27.9 Å². The van der Waals surface area contributed by atoms with Gasteiger partial charge in [-0.25, -0.2) is 0 Å². The molecular formula is C18H21Na. The Bertz CT molecular complexity index is 410. The first-order valence-electron chi connectivity index (χ1n) is 7.51. The van der Waals surface area contributed by atoms with Gasteiger partial charge in [0, 0.05) is 0 Å². The van der Waals surface area contributed by atoms with Gasteiger partial charge in [-0.1, -0.05) is 0 Å². The van der Waals surface area contributed by atoms with E-state index in [2.05, 4.69) is 60.7 Å². The Hall–Kier alpha value is -0.560. The number of hydrogen-bond donors (Lipinski definition) is 0. The Labute approximate surface area is 134 Å². The molecule has 0 spiro atoms. The van der Waals surface area contributed by atoms with Crippen molar-refractivity contribution in [3.8, 4) is 0 Å². The van der Waals surface area contributed by atoms with Crippen molar-refractivity contribution in [3.63, 3.8) is 0 Å². The van der Waals surface area contributed by atoms with Crippen molar-refractivity contribution in [1.82, 2.24) is 0 Å². The molecule has 0 bridgehead atoms. The predicted molar refractivity (Wildman–Crippen MR) is 83.8 cm³/mol. The van der Waals surface area contributed by atoms with Gasteiger partial charge in [-0.05, 0) is 0 Å². The minimum atomic E-state index is 0.566. The molecule has 0 amide bonds. The molecule has 0 saturated carbocycles.